The molecule has 0 aliphatic heterocycles. The van der Waals surface area contributed by atoms with E-state index in [1.807, 2.05) is 19.9 Å². The van der Waals surface area contributed by atoms with Crippen LogP contribution in [0.5, 0.6) is 0 Å². The van der Waals surface area contributed by atoms with Gasteiger partial charge in [-0.2, -0.15) is 0 Å². The number of halogens is 1. The van der Waals surface area contributed by atoms with Crippen LogP contribution in [-0.2, 0) is 9.53 Å². The second kappa shape index (κ2) is 7.24. The summed E-state index contributed by atoms with van der Waals surface area (Å²) < 4.78 is 18.5. The molecule has 3 nitrogen and oxygen atoms in total. The summed E-state index contributed by atoms with van der Waals surface area (Å²) in [5, 5.41) is 3.17. The molecular weight excluding hydrogens is 245 g/mol. The smallest absolute Gasteiger partial charge is 0.323 e. The largest absolute Gasteiger partial charge is 0.465 e. The van der Waals surface area contributed by atoms with Crippen molar-refractivity contribution in [3.8, 4) is 0 Å². The van der Waals surface area contributed by atoms with Crippen LogP contribution in [0.4, 0.5) is 4.39 Å². The van der Waals surface area contributed by atoms with E-state index in [0.717, 1.165) is 5.56 Å². The van der Waals surface area contributed by atoms with Crippen LogP contribution in [0, 0.1) is 12.7 Å². The number of carbonyl (C=O) groups excluding carboxylic acids is 1. The maximum Gasteiger partial charge on any atom is 0.323 e. The van der Waals surface area contributed by atoms with Crippen molar-refractivity contribution in [2.75, 3.05) is 6.61 Å². The van der Waals surface area contributed by atoms with Crippen LogP contribution in [0.3, 0.4) is 0 Å². The van der Waals surface area contributed by atoms with Crippen molar-refractivity contribution in [3.63, 3.8) is 0 Å². The molecule has 1 rings (SSSR count). The minimum absolute atomic E-state index is 0.107. The molecule has 0 saturated carbocycles. The summed E-state index contributed by atoms with van der Waals surface area (Å²) in [7, 11) is 0. The Hall–Kier alpha value is -1.42. The molecule has 0 fully saturated rings. The monoisotopic (exact) mass is 267 g/mol. The van der Waals surface area contributed by atoms with Crippen molar-refractivity contribution < 1.29 is 13.9 Å². The predicted molar refractivity (Wildman–Crippen MR) is 73.4 cm³/mol. The van der Waals surface area contributed by atoms with Gasteiger partial charge in [0.1, 0.15) is 11.9 Å². The Morgan fingerprint density at radius 2 is 2.11 bits per heavy atom. The highest BCUT2D eigenvalue weighted by molar-refractivity contribution is 5.75. The van der Waals surface area contributed by atoms with E-state index in [-0.39, 0.29) is 23.9 Å². The van der Waals surface area contributed by atoms with E-state index < -0.39 is 0 Å². The van der Waals surface area contributed by atoms with Gasteiger partial charge in [-0.05, 0) is 44.4 Å². The molecule has 1 aromatic rings. The molecule has 0 amide bonds. The Bertz CT molecular complexity index is 434. The highest BCUT2D eigenvalue weighted by atomic mass is 19.1. The quantitative estimate of drug-likeness (QED) is 0.805. The Labute approximate surface area is 114 Å². The van der Waals surface area contributed by atoms with E-state index in [9.17, 15) is 9.18 Å². The molecule has 0 saturated heterocycles. The van der Waals surface area contributed by atoms with Gasteiger partial charge < -0.3 is 4.74 Å². The zero-order valence-corrected chi connectivity index (χ0v) is 12.0. The maximum atomic E-state index is 13.5. The van der Waals surface area contributed by atoms with Gasteiger partial charge in [-0.3, -0.25) is 10.1 Å². The Kier molecular flexibility index (Phi) is 5.96. The Balaban J connectivity index is 2.73. The number of ether oxygens (including phenoxy) is 1. The first-order valence-corrected chi connectivity index (χ1v) is 6.68. The molecule has 2 unspecified atom stereocenters. The van der Waals surface area contributed by atoms with Gasteiger partial charge in [0.25, 0.3) is 0 Å². The van der Waals surface area contributed by atoms with Crippen molar-refractivity contribution in [2.24, 2.45) is 0 Å². The van der Waals surface area contributed by atoms with Gasteiger partial charge >= 0.3 is 5.97 Å². The molecule has 0 bridgehead atoms. The SMILES string of the molecule is CCOC(=O)C(CC)NC(C)c1ccc(C)c(F)c1. The first-order chi connectivity index (χ1) is 8.99. The number of nitrogens with one attached hydrogen (secondary N) is 1. The average Bonchev–Trinajstić information content (AvgIpc) is 2.39. The van der Waals surface area contributed by atoms with Crippen molar-refractivity contribution in [1.29, 1.82) is 0 Å². The summed E-state index contributed by atoms with van der Waals surface area (Å²) in [6.45, 7) is 7.70. The zero-order chi connectivity index (χ0) is 14.4. The van der Waals surface area contributed by atoms with Crippen LogP contribution < -0.4 is 5.32 Å². The van der Waals surface area contributed by atoms with Gasteiger partial charge in [0.2, 0.25) is 0 Å². The van der Waals surface area contributed by atoms with E-state index in [4.69, 9.17) is 4.74 Å². The highest BCUT2D eigenvalue weighted by Gasteiger charge is 2.20. The van der Waals surface area contributed by atoms with Crippen molar-refractivity contribution in [3.05, 3.63) is 35.1 Å². The van der Waals surface area contributed by atoms with Gasteiger partial charge in [-0.25, -0.2) is 4.39 Å². The molecule has 1 N–H and O–H groups in total. The van der Waals surface area contributed by atoms with E-state index in [0.29, 0.717) is 18.6 Å². The standard InChI is InChI=1S/C15H22FNO2/c1-5-14(15(18)19-6-2)17-11(4)12-8-7-10(3)13(16)9-12/h7-9,11,14,17H,5-6H2,1-4H3. The molecule has 106 valence electrons. The third kappa shape index (κ3) is 4.31. The Morgan fingerprint density at radius 3 is 2.63 bits per heavy atom. The van der Waals surface area contributed by atoms with E-state index in [1.54, 1.807) is 19.9 Å². The maximum absolute atomic E-state index is 13.5. The van der Waals surface area contributed by atoms with E-state index in [2.05, 4.69) is 5.32 Å². The second-order valence-electron chi connectivity index (χ2n) is 4.61. The molecule has 0 spiro atoms. The summed E-state index contributed by atoms with van der Waals surface area (Å²) in [4.78, 5) is 11.7. The lowest BCUT2D eigenvalue weighted by molar-refractivity contribution is -0.145. The van der Waals surface area contributed by atoms with E-state index >= 15 is 0 Å². The number of rotatable bonds is 6. The molecule has 19 heavy (non-hydrogen) atoms. The van der Waals surface area contributed by atoms with Crippen LogP contribution in [-0.4, -0.2) is 18.6 Å². The summed E-state index contributed by atoms with van der Waals surface area (Å²) in [5.74, 6) is -0.486. The van der Waals surface area contributed by atoms with Crippen molar-refractivity contribution in [2.45, 2.75) is 46.2 Å². The summed E-state index contributed by atoms with van der Waals surface area (Å²) in [6.07, 6.45) is 0.636. The lowest BCUT2D eigenvalue weighted by Crippen LogP contribution is -2.39. The first kappa shape index (κ1) is 15.6. The van der Waals surface area contributed by atoms with Crippen LogP contribution in [0.2, 0.25) is 0 Å². The molecule has 2 atom stereocenters. The lowest BCUT2D eigenvalue weighted by atomic mass is 10.0. The average molecular weight is 267 g/mol. The minimum atomic E-state index is -0.362. The number of hydrogen-bond acceptors (Lipinski definition) is 3. The molecule has 0 aliphatic rings. The van der Waals surface area contributed by atoms with Gasteiger partial charge in [0.05, 0.1) is 6.61 Å². The molecule has 4 heteroatoms. The number of benzene rings is 1. The fourth-order valence-electron chi connectivity index (χ4n) is 1.87. The number of aryl methyl sites for hydroxylation is 1. The summed E-state index contributed by atoms with van der Waals surface area (Å²) in [6, 6.07) is 4.65. The third-order valence-electron chi connectivity index (χ3n) is 3.13. The molecule has 0 aromatic heterocycles. The molecule has 0 aliphatic carbocycles. The summed E-state index contributed by atoms with van der Waals surface area (Å²) >= 11 is 0. The normalized spacial score (nSPS) is 13.9. The number of esters is 1. The molecule has 0 heterocycles. The second-order valence-corrected chi connectivity index (χ2v) is 4.61. The number of carbonyl (C=O) groups is 1. The van der Waals surface area contributed by atoms with Crippen molar-refractivity contribution >= 4 is 5.97 Å². The van der Waals surface area contributed by atoms with Gasteiger partial charge in [0.15, 0.2) is 0 Å². The fraction of sp³-hybridized carbons (Fsp3) is 0.533. The Morgan fingerprint density at radius 1 is 1.42 bits per heavy atom. The first-order valence-electron chi connectivity index (χ1n) is 6.68. The number of hydrogen-bond donors (Lipinski definition) is 1. The van der Waals surface area contributed by atoms with Crippen LogP contribution >= 0.6 is 0 Å². The van der Waals surface area contributed by atoms with Crippen LogP contribution in [0.15, 0.2) is 18.2 Å². The van der Waals surface area contributed by atoms with Gasteiger partial charge in [0, 0.05) is 6.04 Å². The molecule has 1 aromatic carbocycles. The minimum Gasteiger partial charge on any atom is -0.465 e. The van der Waals surface area contributed by atoms with Crippen LogP contribution in [0.1, 0.15) is 44.4 Å². The zero-order valence-electron chi connectivity index (χ0n) is 12.0. The topological polar surface area (TPSA) is 38.3 Å². The molecule has 0 radical (unpaired) electrons. The molecular formula is C15H22FNO2. The fourth-order valence-corrected chi connectivity index (χ4v) is 1.87. The summed E-state index contributed by atoms with van der Waals surface area (Å²) in [5.41, 5.74) is 1.44. The predicted octanol–water partition coefficient (Wildman–Crippen LogP) is 3.13. The third-order valence-corrected chi connectivity index (χ3v) is 3.13. The highest BCUT2D eigenvalue weighted by Crippen LogP contribution is 2.17. The van der Waals surface area contributed by atoms with Crippen LogP contribution in [0.25, 0.3) is 0 Å². The van der Waals surface area contributed by atoms with Gasteiger partial charge in [-0.15, -0.1) is 0 Å². The van der Waals surface area contributed by atoms with E-state index in [1.165, 1.54) is 6.07 Å². The van der Waals surface area contributed by atoms with Crippen molar-refractivity contribution in [1.82, 2.24) is 5.32 Å². The lowest BCUT2D eigenvalue weighted by Gasteiger charge is -2.21. The van der Waals surface area contributed by atoms with Gasteiger partial charge in [-0.1, -0.05) is 19.1 Å².